The van der Waals surface area contributed by atoms with Crippen LogP contribution in [0.1, 0.15) is 19.8 Å². The number of aliphatic carboxylic acids is 1. The highest BCUT2D eigenvalue weighted by Gasteiger charge is 2.28. The maximum Gasteiger partial charge on any atom is 0.430 e. The highest BCUT2D eigenvalue weighted by Crippen LogP contribution is 2.11. The number of allylic oxidation sites excluding steroid dienone is 1. The Morgan fingerprint density at radius 1 is 1.56 bits per heavy atom. The molecule has 0 saturated heterocycles. The Morgan fingerprint density at radius 3 is 2.31 bits per heavy atom. The first-order valence-corrected chi connectivity index (χ1v) is 4.79. The quantitative estimate of drug-likeness (QED) is 0.631. The van der Waals surface area contributed by atoms with E-state index in [1.807, 2.05) is 0 Å². The van der Waals surface area contributed by atoms with Gasteiger partial charge in [-0.25, -0.2) is 4.58 Å². The van der Waals surface area contributed by atoms with Crippen LogP contribution in [0.2, 0.25) is 0 Å². The van der Waals surface area contributed by atoms with Gasteiger partial charge in [0.25, 0.3) is 0 Å². The van der Waals surface area contributed by atoms with Crippen LogP contribution in [-0.2, 0) is 4.79 Å². The average molecular weight is 237 g/mol. The SMILES string of the molecule is CCC1=CCC[N+](C)=C1.O=C([O-])C(F)(F)F. The minimum absolute atomic E-state index is 1.17. The van der Waals surface area contributed by atoms with Crippen LogP contribution in [0.25, 0.3) is 0 Å². The van der Waals surface area contributed by atoms with Gasteiger partial charge in [0.2, 0.25) is 0 Å². The molecule has 16 heavy (non-hydrogen) atoms. The van der Waals surface area contributed by atoms with E-state index in [1.54, 1.807) is 0 Å². The normalized spacial score (nSPS) is 15.6. The molecule has 3 nitrogen and oxygen atoms in total. The Hall–Kier alpha value is -1.33. The first kappa shape index (κ1) is 14.7. The van der Waals surface area contributed by atoms with Gasteiger partial charge in [-0.15, -0.1) is 0 Å². The lowest BCUT2D eigenvalue weighted by Crippen LogP contribution is -2.37. The van der Waals surface area contributed by atoms with Gasteiger partial charge in [0, 0.05) is 12.0 Å². The van der Waals surface area contributed by atoms with E-state index in [0.29, 0.717) is 0 Å². The zero-order valence-electron chi connectivity index (χ0n) is 9.17. The third-order valence-electron chi connectivity index (χ3n) is 1.91. The molecule has 0 aromatic rings. The molecular formula is C10H14F3NO2. The van der Waals surface area contributed by atoms with Gasteiger partial charge >= 0.3 is 6.18 Å². The Balaban J connectivity index is 0.000000293. The highest BCUT2D eigenvalue weighted by atomic mass is 19.4. The maximum atomic E-state index is 10.5. The summed E-state index contributed by atoms with van der Waals surface area (Å²) >= 11 is 0. The number of rotatable bonds is 1. The molecule has 0 atom stereocenters. The number of carbonyl (C=O) groups is 1. The van der Waals surface area contributed by atoms with Crippen molar-refractivity contribution in [3.05, 3.63) is 11.6 Å². The monoisotopic (exact) mass is 237 g/mol. The van der Waals surface area contributed by atoms with Crippen molar-refractivity contribution < 1.29 is 27.6 Å². The highest BCUT2D eigenvalue weighted by molar-refractivity contribution is 5.74. The van der Waals surface area contributed by atoms with Crippen LogP contribution in [0, 0.1) is 0 Å². The van der Waals surface area contributed by atoms with Gasteiger partial charge in [-0.1, -0.05) is 13.0 Å². The van der Waals surface area contributed by atoms with Crippen LogP contribution in [0.5, 0.6) is 0 Å². The third kappa shape index (κ3) is 6.21. The second kappa shape index (κ2) is 6.30. The molecule has 1 rings (SSSR count). The van der Waals surface area contributed by atoms with Gasteiger partial charge < -0.3 is 9.90 Å². The van der Waals surface area contributed by atoms with Gasteiger partial charge in [-0.05, 0) is 6.42 Å². The molecule has 0 aromatic carbocycles. The lowest BCUT2D eigenvalue weighted by molar-refractivity contribution is -0.492. The number of carboxylic acid groups (broad SMARTS) is 1. The van der Waals surface area contributed by atoms with E-state index in [1.165, 1.54) is 25.0 Å². The molecule has 0 aliphatic carbocycles. The van der Waals surface area contributed by atoms with Crippen LogP contribution in [0.15, 0.2) is 11.6 Å². The van der Waals surface area contributed by atoms with Crippen molar-refractivity contribution in [2.45, 2.75) is 25.9 Å². The van der Waals surface area contributed by atoms with Crippen molar-refractivity contribution in [1.82, 2.24) is 0 Å². The predicted octanol–water partition coefficient (Wildman–Crippen LogP) is 0.738. The molecule has 0 saturated carbocycles. The number of halogens is 3. The number of carboxylic acids is 1. The molecule has 6 heteroatoms. The van der Waals surface area contributed by atoms with E-state index in [-0.39, 0.29) is 0 Å². The summed E-state index contributed by atoms with van der Waals surface area (Å²) < 4.78 is 33.8. The van der Waals surface area contributed by atoms with Crippen molar-refractivity contribution in [2.24, 2.45) is 0 Å². The van der Waals surface area contributed by atoms with Crippen molar-refractivity contribution in [1.29, 1.82) is 0 Å². The average Bonchev–Trinajstić information content (AvgIpc) is 2.17. The molecule has 0 amide bonds. The number of hydrogen-bond donors (Lipinski definition) is 0. The molecule has 1 heterocycles. The second-order valence-corrected chi connectivity index (χ2v) is 3.32. The second-order valence-electron chi connectivity index (χ2n) is 3.32. The zero-order chi connectivity index (χ0) is 12.8. The summed E-state index contributed by atoms with van der Waals surface area (Å²) in [5.41, 5.74) is 1.48. The smallest absolute Gasteiger partial charge is 0.430 e. The summed E-state index contributed by atoms with van der Waals surface area (Å²) in [5, 5.41) is 8.78. The summed E-state index contributed by atoms with van der Waals surface area (Å²) in [4.78, 5) is 8.78. The van der Waals surface area contributed by atoms with Crippen molar-refractivity contribution >= 4 is 12.2 Å². The summed E-state index contributed by atoms with van der Waals surface area (Å²) in [6.07, 6.45) is 1.74. The van der Waals surface area contributed by atoms with E-state index < -0.39 is 12.1 Å². The number of carbonyl (C=O) groups excluding carboxylic acids is 1. The maximum absolute atomic E-state index is 10.5. The number of hydrogen-bond acceptors (Lipinski definition) is 2. The molecule has 0 spiro atoms. The largest absolute Gasteiger partial charge is 0.542 e. The Labute approximate surface area is 91.9 Å². The van der Waals surface area contributed by atoms with E-state index in [9.17, 15) is 13.2 Å². The topological polar surface area (TPSA) is 43.1 Å². The molecule has 1 aliphatic rings. The molecule has 0 N–H and O–H groups in total. The molecule has 0 fully saturated rings. The summed E-state index contributed by atoms with van der Waals surface area (Å²) in [5.74, 6) is -3.01. The first-order chi connectivity index (χ1) is 7.27. The van der Waals surface area contributed by atoms with Gasteiger partial charge in [-0.2, -0.15) is 13.2 Å². The molecular weight excluding hydrogens is 223 g/mol. The minimum atomic E-state index is -5.19. The molecule has 0 aromatic heterocycles. The lowest BCUT2D eigenvalue weighted by Gasteiger charge is -2.03. The van der Waals surface area contributed by atoms with Crippen LogP contribution in [-0.4, -0.2) is 36.5 Å². The van der Waals surface area contributed by atoms with E-state index >= 15 is 0 Å². The fraction of sp³-hybridized carbons (Fsp3) is 0.600. The lowest BCUT2D eigenvalue weighted by atomic mass is 10.1. The van der Waals surface area contributed by atoms with Crippen molar-refractivity contribution in [2.75, 3.05) is 13.6 Å². The number of nitrogens with zero attached hydrogens (tertiary/aromatic N) is 1. The minimum Gasteiger partial charge on any atom is -0.542 e. The zero-order valence-corrected chi connectivity index (χ0v) is 9.17. The van der Waals surface area contributed by atoms with Crippen LogP contribution in [0.4, 0.5) is 13.2 Å². The standard InChI is InChI=1S/C8H14N.C2HF3O2/c1-3-8-5-4-6-9(2)7-8;3-2(4,5)1(6)7/h5,7H,3-4,6H2,1-2H3;(H,6,7)/q+1;/p-1. The first-order valence-electron chi connectivity index (χ1n) is 4.79. The van der Waals surface area contributed by atoms with Crippen LogP contribution in [0.3, 0.4) is 0 Å². The van der Waals surface area contributed by atoms with Gasteiger partial charge in [0.1, 0.15) is 19.6 Å². The molecule has 0 bridgehead atoms. The molecule has 92 valence electrons. The van der Waals surface area contributed by atoms with E-state index in [2.05, 4.69) is 30.8 Å². The molecule has 0 unspecified atom stereocenters. The molecule has 1 aliphatic heterocycles. The Morgan fingerprint density at radius 2 is 2.06 bits per heavy atom. The van der Waals surface area contributed by atoms with E-state index in [0.717, 1.165) is 0 Å². The fourth-order valence-corrected chi connectivity index (χ4v) is 1.09. The summed E-state index contributed by atoms with van der Waals surface area (Å²) in [7, 11) is 2.13. The Bertz CT molecular complexity index is 306. The van der Waals surface area contributed by atoms with Crippen molar-refractivity contribution in [3.63, 3.8) is 0 Å². The summed E-state index contributed by atoms with van der Waals surface area (Å²) in [6.45, 7) is 3.38. The third-order valence-corrected chi connectivity index (χ3v) is 1.91. The Kier molecular flexibility index (Phi) is 5.77. The van der Waals surface area contributed by atoms with Gasteiger partial charge in [0.15, 0.2) is 6.21 Å². The van der Waals surface area contributed by atoms with Gasteiger partial charge in [0.05, 0.1) is 0 Å². The van der Waals surface area contributed by atoms with Crippen LogP contribution >= 0.6 is 0 Å². The van der Waals surface area contributed by atoms with Crippen LogP contribution < -0.4 is 5.11 Å². The number of alkyl halides is 3. The fourth-order valence-electron chi connectivity index (χ4n) is 1.09. The predicted molar refractivity (Wildman–Crippen MR) is 51.2 cm³/mol. The van der Waals surface area contributed by atoms with E-state index in [4.69, 9.17) is 9.90 Å². The molecule has 0 radical (unpaired) electrons. The summed E-state index contributed by atoms with van der Waals surface area (Å²) in [6, 6.07) is 0. The van der Waals surface area contributed by atoms with Crippen molar-refractivity contribution in [3.8, 4) is 0 Å². The van der Waals surface area contributed by atoms with Gasteiger partial charge in [-0.3, -0.25) is 0 Å².